The van der Waals surface area contributed by atoms with Crippen molar-refractivity contribution in [3.05, 3.63) is 101 Å². The Kier molecular flexibility index (Phi) is 5.37. The number of hydrogen-bond donors (Lipinski definition) is 2. The molecule has 0 fully saturated rings. The van der Waals surface area contributed by atoms with Gasteiger partial charge in [-0.1, -0.05) is 73.7 Å². The van der Waals surface area contributed by atoms with Crippen molar-refractivity contribution in [1.82, 2.24) is 0 Å². The molecule has 0 aliphatic rings. The van der Waals surface area contributed by atoms with Crippen molar-refractivity contribution in [2.75, 3.05) is 0 Å². The molecule has 0 aliphatic heterocycles. The number of carboxylic acids is 1. The van der Waals surface area contributed by atoms with Gasteiger partial charge in [-0.15, -0.1) is 0 Å². The summed E-state index contributed by atoms with van der Waals surface area (Å²) in [6.45, 7) is 2.19. The molecule has 0 saturated carbocycles. The molecular weight excluding hydrogens is 324 g/mol. The number of aryl methyl sites for hydroxylation is 2. The Hall–Kier alpha value is -3.07. The third kappa shape index (κ3) is 3.94. The minimum absolute atomic E-state index is 0.0473. The molecular formula is C23H22O3. The fraction of sp³-hybridized carbons (Fsp3) is 0.174. The second kappa shape index (κ2) is 7.87. The van der Waals surface area contributed by atoms with Crippen molar-refractivity contribution in [1.29, 1.82) is 0 Å². The molecule has 0 saturated heterocycles. The zero-order chi connectivity index (χ0) is 18.5. The second-order valence-electron chi connectivity index (χ2n) is 6.50. The van der Waals surface area contributed by atoms with E-state index in [1.165, 1.54) is 22.8 Å². The first-order valence-electron chi connectivity index (χ1n) is 8.74. The molecule has 1 atom stereocenters. The largest absolute Gasteiger partial charge is 0.507 e. The van der Waals surface area contributed by atoms with Gasteiger partial charge < -0.3 is 10.2 Å². The SMILES string of the molecule is CC(c1ccccc1)c1cccc(CCc2cccc(C(=O)O)c2O)c1. The molecule has 3 aromatic carbocycles. The van der Waals surface area contributed by atoms with Crippen LogP contribution in [0, 0.1) is 0 Å². The van der Waals surface area contributed by atoms with E-state index in [4.69, 9.17) is 5.11 Å². The van der Waals surface area contributed by atoms with Gasteiger partial charge in [0.1, 0.15) is 11.3 Å². The zero-order valence-corrected chi connectivity index (χ0v) is 14.7. The van der Waals surface area contributed by atoms with Gasteiger partial charge in [0, 0.05) is 5.92 Å². The van der Waals surface area contributed by atoms with Crippen LogP contribution in [0.25, 0.3) is 0 Å². The molecule has 0 aliphatic carbocycles. The van der Waals surface area contributed by atoms with Crippen LogP contribution < -0.4 is 0 Å². The molecule has 0 heterocycles. The Morgan fingerprint density at radius 3 is 2.31 bits per heavy atom. The van der Waals surface area contributed by atoms with E-state index in [2.05, 4.69) is 43.3 Å². The highest BCUT2D eigenvalue weighted by molar-refractivity contribution is 5.91. The van der Waals surface area contributed by atoms with E-state index in [9.17, 15) is 9.90 Å². The summed E-state index contributed by atoms with van der Waals surface area (Å²) in [7, 11) is 0. The number of para-hydroxylation sites is 1. The average Bonchev–Trinajstić information content (AvgIpc) is 2.67. The van der Waals surface area contributed by atoms with Gasteiger partial charge in [0.25, 0.3) is 0 Å². The number of phenols is 1. The van der Waals surface area contributed by atoms with Gasteiger partial charge in [0.15, 0.2) is 0 Å². The minimum atomic E-state index is -1.11. The predicted molar refractivity (Wildman–Crippen MR) is 103 cm³/mol. The van der Waals surface area contributed by atoms with E-state index in [1.807, 2.05) is 18.2 Å². The first-order valence-corrected chi connectivity index (χ1v) is 8.74. The summed E-state index contributed by atoms with van der Waals surface area (Å²) in [5.74, 6) is -0.934. The van der Waals surface area contributed by atoms with Gasteiger partial charge in [0.05, 0.1) is 0 Å². The molecule has 3 aromatic rings. The van der Waals surface area contributed by atoms with Gasteiger partial charge in [-0.05, 0) is 41.2 Å². The highest BCUT2D eigenvalue weighted by Gasteiger charge is 2.13. The smallest absolute Gasteiger partial charge is 0.339 e. The lowest BCUT2D eigenvalue weighted by molar-refractivity contribution is 0.0693. The van der Waals surface area contributed by atoms with E-state index in [-0.39, 0.29) is 11.3 Å². The predicted octanol–water partition coefficient (Wildman–Crippen LogP) is 5.03. The first kappa shape index (κ1) is 17.7. The van der Waals surface area contributed by atoms with Crippen LogP contribution in [0.4, 0.5) is 0 Å². The molecule has 3 heteroatoms. The summed E-state index contributed by atoms with van der Waals surface area (Å²) in [5, 5.41) is 19.3. The van der Waals surface area contributed by atoms with E-state index in [0.29, 0.717) is 17.9 Å². The quantitative estimate of drug-likeness (QED) is 0.658. The van der Waals surface area contributed by atoms with Crippen molar-refractivity contribution < 1.29 is 15.0 Å². The molecule has 1 unspecified atom stereocenters. The molecule has 0 aromatic heterocycles. The number of carbonyl (C=O) groups is 1. The van der Waals surface area contributed by atoms with E-state index in [1.54, 1.807) is 12.1 Å². The summed E-state index contributed by atoms with van der Waals surface area (Å²) >= 11 is 0. The normalized spacial score (nSPS) is 11.9. The van der Waals surface area contributed by atoms with Crippen LogP contribution in [-0.4, -0.2) is 16.2 Å². The van der Waals surface area contributed by atoms with Crippen LogP contribution in [0.1, 0.15) is 45.5 Å². The van der Waals surface area contributed by atoms with Gasteiger partial charge in [-0.2, -0.15) is 0 Å². The molecule has 3 rings (SSSR count). The van der Waals surface area contributed by atoms with Crippen LogP contribution in [0.3, 0.4) is 0 Å². The molecule has 0 bridgehead atoms. The van der Waals surface area contributed by atoms with E-state index in [0.717, 1.165) is 6.42 Å². The summed E-state index contributed by atoms with van der Waals surface area (Å²) < 4.78 is 0. The Balaban J connectivity index is 1.76. The monoisotopic (exact) mass is 346 g/mol. The van der Waals surface area contributed by atoms with Crippen molar-refractivity contribution in [2.24, 2.45) is 0 Å². The highest BCUT2D eigenvalue weighted by Crippen LogP contribution is 2.26. The average molecular weight is 346 g/mol. The second-order valence-corrected chi connectivity index (χ2v) is 6.50. The van der Waals surface area contributed by atoms with Crippen LogP contribution >= 0.6 is 0 Å². The molecule has 3 nitrogen and oxygen atoms in total. The van der Waals surface area contributed by atoms with Crippen LogP contribution in [0.5, 0.6) is 5.75 Å². The molecule has 2 N–H and O–H groups in total. The number of aromatic hydroxyl groups is 1. The van der Waals surface area contributed by atoms with Crippen LogP contribution in [0.2, 0.25) is 0 Å². The van der Waals surface area contributed by atoms with Gasteiger partial charge in [-0.3, -0.25) is 0 Å². The minimum Gasteiger partial charge on any atom is -0.507 e. The van der Waals surface area contributed by atoms with Crippen molar-refractivity contribution in [3.8, 4) is 5.75 Å². The Labute approximate surface area is 153 Å². The molecule has 132 valence electrons. The summed E-state index contributed by atoms with van der Waals surface area (Å²) in [6, 6.07) is 23.7. The third-order valence-corrected chi connectivity index (χ3v) is 4.78. The molecule has 0 spiro atoms. The fourth-order valence-electron chi connectivity index (χ4n) is 3.20. The van der Waals surface area contributed by atoms with Crippen molar-refractivity contribution in [2.45, 2.75) is 25.7 Å². The summed E-state index contributed by atoms with van der Waals surface area (Å²) in [5.41, 5.74) is 4.31. The lowest BCUT2D eigenvalue weighted by Gasteiger charge is -2.14. The summed E-state index contributed by atoms with van der Waals surface area (Å²) in [4.78, 5) is 11.1. The van der Waals surface area contributed by atoms with Gasteiger partial charge in [-0.25, -0.2) is 4.79 Å². The molecule has 0 amide bonds. The maximum Gasteiger partial charge on any atom is 0.339 e. The fourth-order valence-corrected chi connectivity index (χ4v) is 3.20. The highest BCUT2D eigenvalue weighted by atomic mass is 16.4. The lowest BCUT2D eigenvalue weighted by Crippen LogP contribution is -2.01. The Morgan fingerprint density at radius 2 is 1.58 bits per heavy atom. The molecule has 26 heavy (non-hydrogen) atoms. The number of benzene rings is 3. The topological polar surface area (TPSA) is 57.5 Å². The maximum atomic E-state index is 11.1. The summed E-state index contributed by atoms with van der Waals surface area (Å²) in [6.07, 6.45) is 1.34. The number of aromatic carboxylic acids is 1. The van der Waals surface area contributed by atoms with Crippen LogP contribution in [-0.2, 0) is 12.8 Å². The van der Waals surface area contributed by atoms with E-state index < -0.39 is 5.97 Å². The number of rotatable bonds is 6. The number of hydrogen-bond acceptors (Lipinski definition) is 2. The Morgan fingerprint density at radius 1 is 0.885 bits per heavy atom. The maximum absolute atomic E-state index is 11.1. The standard InChI is InChI=1S/C23H22O3/c1-16(18-8-3-2-4-9-18)20-11-5-7-17(15-20)13-14-19-10-6-12-21(22(19)24)23(25)26/h2-12,15-16,24H,13-14H2,1H3,(H,25,26). The zero-order valence-electron chi connectivity index (χ0n) is 14.7. The lowest BCUT2D eigenvalue weighted by atomic mass is 9.91. The van der Waals surface area contributed by atoms with E-state index >= 15 is 0 Å². The van der Waals surface area contributed by atoms with Gasteiger partial charge >= 0.3 is 5.97 Å². The van der Waals surface area contributed by atoms with Gasteiger partial charge in [0.2, 0.25) is 0 Å². The van der Waals surface area contributed by atoms with Crippen molar-refractivity contribution in [3.63, 3.8) is 0 Å². The Bertz CT molecular complexity index is 900. The molecule has 0 radical (unpaired) electrons. The van der Waals surface area contributed by atoms with Crippen molar-refractivity contribution >= 4 is 5.97 Å². The first-order chi connectivity index (χ1) is 12.6. The number of carboxylic acid groups (broad SMARTS) is 1. The third-order valence-electron chi connectivity index (χ3n) is 4.78. The van der Waals surface area contributed by atoms with Crippen LogP contribution in [0.15, 0.2) is 72.8 Å².